The molecule has 0 atom stereocenters. The molecule has 0 aliphatic carbocycles. The number of carbonyl (C=O) groups excluding carboxylic acids is 1. The molecule has 2 heterocycles. The summed E-state index contributed by atoms with van der Waals surface area (Å²) < 4.78 is 7.42. The fourth-order valence-corrected chi connectivity index (χ4v) is 2.60. The third-order valence-electron chi connectivity index (χ3n) is 3.80. The summed E-state index contributed by atoms with van der Waals surface area (Å²) in [5, 5.41) is 7.75. The van der Waals surface area contributed by atoms with Crippen molar-refractivity contribution in [1.82, 2.24) is 14.7 Å². The first-order valence-corrected chi connectivity index (χ1v) is 8.35. The van der Waals surface area contributed by atoms with Crippen molar-refractivity contribution in [3.05, 3.63) is 12.4 Å². The van der Waals surface area contributed by atoms with E-state index in [0.717, 1.165) is 31.5 Å². The summed E-state index contributed by atoms with van der Waals surface area (Å²) in [6.45, 7) is 8.62. The lowest BCUT2D eigenvalue weighted by Gasteiger charge is -2.33. The molecule has 0 unspecified atom stereocenters. The molecule has 0 radical (unpaired) electrons. The molecule has 1 fully saturated rings. The number of amides is 1. The van der Waals surface area contributed by atoms with Crippen LogP contribution in [0.25, 0.3) is 0 Å². The van der Waals surface area contributed by atoms with Crippen LogP contribution in [-0.2, 0) is 4.74 Å². The average molecular weight is 323 g/mol. The smallest absolute Gasteiger partial charge is 0.410 e. The highest BCUT2D eigenvalue weighted by molar-refractivity contribution is 5.68. The van der Waals surface area contributed by atoms with E-state index in [1.807, 2.05) is 37.8 Å². The zero-order chi connectivity index (χ0) is 16.9. The summed E-state index contributed by atoms with van der Waals surface area (Å²) in [5.41, 5.74) is 6.06. The lowest BCUT2D eigenvalue weighted by Crippen LogP contribution is -2.42. The van der Waals surface area contributed by atoms with Crippen molar-refractivity contribution >= 4 is 11.8 Å². The Kier molecular flexibility index (Phi) is 5.87. The predicted octanol–water partition coefficient (Wildman–Crippen LogP) is 2.22. The number of piperidine rings is 1. The first kappa shape index (κ1) is 17.6. The number of nitrogens with two attached hydrogens (primary N) is 1. The van der Waals surface area contributed by atoms with E-state index < -0.39 is 5.60 Å². The third kappa shape index (κ3) is 5.42. The van der Waals surface area contributed by atoms with E-state index in [2.05, 4.69) is 10.4 Å². The standard InChI is InChI=1S/C16H29N5O2/c1-16(2,3)23-15(22)20-9-5-14(6-10-20)21-12-13(11-19-21)18-8-4-7-17/h11-12,14,18H,4-10,17H2,1-3H3. The highest BCUT2D eigenvalue weighted by Gasteiger charge is 2.27. The third-order valence-corrected chi connectivity index (χ3v) is 3.80. The number of likely N-dealkylation sites (tertiary alicyclic amines) is 1. The molecule has 1 aromatic rings. The molecule has 0 aromatic carbocycles. The van der Waals surface area contributed by atoms with Crippen LogP contribution >= 0.6 is 0 Å². The Bertz CT molecular complexity index is 501. The number of rotatable bonds is 5. The van der Waals surface area contributed by atoms with E-state index in [9.17, 15) is 4.79 Å². The van der Waals surface area contributed by atoms with Crippen LogP contribution in [-0.4, -0.2) is 52.6 Å². The van der Waals surface area contributed by atoms with E-state index in [1.54, 1.807) is 4.90 Å². The fraction of sp³-hybridized carbons (Fsp3) is 0.750. The van der Waals surface area contributed by atoms with E-state index in [1.165, 1.54) is 0 Å². The van der Waals surface area contributed by atoms with Gasteiger partial charge in [-0.05, 0) is 46.6 Å². The molecule has 0 spiro atoms. The molecule has 3 N–H and O–H groups in total. The van der Waals surface area contributed by atoms with Crippen molar-refractivity contribution in [2.45, 2.75) is 51.7 Å². The van der Waals surface area contributed by atoms with E-state index in [-0.39, 0.29) is 6.09 Å². The van der Waals surface area contributed by atoms with Gasteiger partial charge in [-0.2, -0.15) is 5.10 Å². The fourth-order valence-electron chi connectivity index (χ4n) is 2.60. The van der Waals surface area contributed by atoms with E-state index in [4.69, 9.17) is 10.5 Å². The number of ether oxygens (including phenoxy) is 1. The first-order chi connectivity index (χ1) is 10.9. The quantitative estimate of drug-likeness (QED) is 0.812. The van der Waals surface area contributed by atoms with Crippen molar-refractivity contribution in [1.29, 1.82) is 0 Å². The average Bonchev–Trinajstić information content (AvgIpc) is 2.95. The van der Waals surface area contributed by atoms with Crippen LogP contribution in [0.15, 0.2) is 12.4 Å². The Morgan fingerprint density at radius 2 is 2.13 bits per heavy atom. The normalized spacial score (nSPS) is 16.4. The highest BCUT2D eigenvalue weighted by Crippen LogP contribution is 2.24. The van der Waals surface area contributed by atoms with Crippen molar-refractivity contribution in [3.8, 4) is 0 Å². The van der Waals surface area contributed by atoms with Crippen LogP contribution < -0.4 is 11.1 Å². The van der Waals surface area contributed by atoms with Gasteiger partial charge in [0.05, 0.1) is 17.9 Å². The summed E-state index contributed by atoms with van der Waals surface area (Å²) in [5.74, 6) is 0. The molecule has 1 amide bonds. The minimum Gasteiger partial charge on any atom is -0.444 e. The molecule has 1 saturated heterocycles. The number of aromatic nitrogens is 2. The van der Waals surface area contributed by atoms with Gasteiger partial charge in [0.25, 0.3) is 0 Å². The van der Waals surface area contributed by atoms with Gasteiger partial charge in [0.1, 0.15) is 5.60 Å². The Morgan fingerprint density at radius 1 is 1.43 bits per heavy atom. The van der Waals surface area contributed by atoms with E-state index in [0.29, 0.717) is 25.7 Å². The van der Waals surface area contributed by atoms with Crippen LogP contribution in [0.5, 0.6) is 0 Å². The first-order valence-electron chi connectivity index (χ1n) is 8.35. The maximum Gasteiger partial charge on any atom is 0.410 e. The Hall–Kier alpha value is -1.76. The number of nitrogens with one attached hydrogen (secondary N) is 1. The summed E-state index contributed by atoms with van der Waals surface area (Å²) >= 11 is 0. The van der Waals surface area contributed by atoms with Gasteiger partial charge in [-0.1, -0.05) is 0 Å². The molecule has 7 heteroatoms. The van der Waals surface area contributed by atoms with Gasteiger partial charge in [0, 0.05) is 25.8 Å². The number of nitrogens with zero attached hydrogens (tertiary/aromatic N) is 3. The Morgan fingerprint density at radius 3 is 2.74 bits per heavy atom. The monoisotopic (exact) mass is 323 g/mol. The van der Waals surface area contributed by atoms with Crippen LogP contribution in [0, 0.1) is 0 Å². The highest BCUT2D eigenvalue weighted by atomic mass is 16.6. The van der Waals surface area contributed by atoms with Gasteiger partial charge in [-0.3, -0.25) is 4.68 Å². The summed E-state index contributed by atoms with van der Waals surface area (Å²) in [6.07, 6.45) is 6.38. The molecule has 1 aliphatic heterocycles. The predicted molar refractivity (Wildman–Crippen MR) is 90.5 cm³/mol. The maximum absolute atomic E-state index is 12.1. The van der Waals surface area contributed by atoms with Crippen molar-refractivity contribution in [2.24, 2.45) is 5.73 Å². The van der Waals surface area contributed by atoms with Crippen molar-refractivity contribution in [3.63, 3.8) is 0 Å². The number of carbonyl (C=O) groups is 1. The molecule has 130 valence electrons. The molecule has 0 saturated carbocycles. The molecule has 2 rings (SSSR count). The summed E-state index contributed by atoms with van der Waals surface area (Å²) in [6, 6.07) is 0.332. The second-order valence-electron chi connectivity index (χ2n) is 6.98. The topological polar surface area (TPSA) is 85.4 Å². The lowest BCUT2D eigenvalue weighted by atomic mass is 10.1. The number of hydrogen-bond donors (Lipinski definition) is 2. The van der Waals surface area contributed by atoms with Crippen LogP contribution in [0.3, 0.4) is 0 Å². The van der Waals surface area contributed by atoms with E-state index >= 15 is 0 Å². The zero-order valence-corrected chi connectivity index (χ0v) is 14.4. The van der Waals surface area contributed by atoms with Gasteiger partial charge in [-0.15, -0.1) is 0 Å². The SMILES string of the molecule is CC(C)(C)OC(=O)N1CCC(n2cc(NCCCN)cn2)CC1. The second-order valence-corrected chi connectivity index (χ2v) is 6.98. The molecule has 23 heavy (non-hydrogen) atoms. The Labute approximate surface area is 138 Å². The van der Waals surface area contributed by atoms with Crippen LogP contribution in [0.1, 0.15) is 46.1 Å². The minimum absolute atomic E-state index is 0.222. The summed E-state index contributed by atoms with van der Waals surface area (Å²) in [7, 11) is 0. The molecule has 7 nitrogen and oxygen atoms in total. The van der Waals surface area contributed by atoms with Gasteiger partial charge in [-0.25, -0.2) is 4.79 Å². The van der Waals surface area contributed by atoms with Gasteiger partial charge < -0.3 is 20.7 Å². The largest absolute Gasteiger partial charge is 0.444 e. The molecule has 1 aromatic heterocycles. The number of anilines is 1. The van der Waals surface area contributed by atoms with Crippen LogP contribution in [0.4, 0.5) is 10.5 Å². The van der Waals surface area contributed by atoms with Crippen molar-refractivity contribution < 1.29 is 9.53 Å². The van der Waals surface area contributed by atoms with Gasteiger partial charge >= 0.3 is 6.09 Å². The zero-order valence-electron chi connectivity index (χ0n) is 14.4. The second kappa shape index (κ2) is 7.68. The van der Waals surface area contributed by atoms with Gasteiger partial charge in [0.15, 0.2) is 0 Å². The minimum atomic E-state index is -0.444. The molecule has 0 bridgehead atoms. The molecular weight excluding hydrogens is 294 g/mol. The van der Waals surface area contributed by atoms with Crippen LogP contribution in [0.2, 0.25) is 0 Å². The van der Waals surface area contributed by atoms with Crippen molar-refractivity contribution in [2.75, 3.05) is 31.5 Å². The lowest BCUT2D eigenvalue weighted by molar-refractivity contribution is 0.0185. The molecule has 1 aliphatic rings. The Balaban J connectivity index is 1.81. The number of hydrogen-bond acceptors (Lipinski definition) is 5. The van der Waals surface area contributed by atoms with Gasteiger partial charge in [0.2, 0.25) is 0 Å². The molecular formula is C16H29N5O2. The summed E-state index contributed by atoms with van der Waals surface area (Å²) in [4.78, 5) is 13.9. The maximum atomic E-state index is 12.1.